The molecule has 0 aliphatic heterocycles. The Bertz CT molecular complexity index is 656. The van der Waals surface area contributed by atoms with Crippen LogP contribution in [0.25, 0.3) is 0 Å². The normalized spacial score (nSPS) is 13.4. The summed E-state index contributed by atoms with van der Waals surface area (Å²) in [5.41, 5.74) is 6.97. The van der Waals surface area contributed by atoms with E-state index in [0.29, 0.717) is 12.1 Å². The fraction of sp³-hybridized carbons (Fsp3) is 0.286. The Kier molecular flexibility index (Phi) is 4.87. The molecule has 21 heavy (non-hydrogen) atoms. The number of halogens is 1. The molecular formula is C14H17FN4OS. The van der Waals surface area contributed by atoms with Crippen molar-refractivity contribution in [2.75, 3.05) is 0 Å². The van der Waals surface area contributed by atoms with Gasteiger partial charge < -0.3 is 16.3 Å². The molecule has 112 valence electrons. The van der Waals surface area contributed by atoms with Crippen molar-refractivity contribution in [1.82, 2.24) is 10.3 Å². The van der Waals surface area contributed by atoms with E-state index in [2.05, 4.69) is 15.5 Å². The van der Waals surface area contributed by atoms with Gasteiger partial charge >= 0.3 is 0 Å². The third-order valence-electron chi connectivity index (χ3n) is 3.07. The van der Waals surface area contributed by atoms with E-state index in [1.807, 2.05) is 19.2 Å². The van der Waals surface area contributed by atoms with Gasteiger partial charge in [-0.3, -0.25) is 0 Å². The van der Waals surface area contributed by atoms with Crippen molar-refractivity contribution in [2.24, 2.45) is 10.9 Å². The summed E-state index contributed by atoms with van der Waals surface area (Å²) in [7, 11) is 0. The summed E-state index contributed by atoms with van der Waals surface area (Å²) in [6, 6.07) is 4.83. The molecule has 1 aromatic carbocycles. The maximum absolute atomic E-state index is 14.2. The van der Waals surface area contributed by atoms with Gasteiger partial charge in [0.25, 0.3) is 0 Å². The molecule has 0 saturated heterocycles. The number of aryl methyl sites for hydroxylation is 1. The number of nitrogens with zero attached hydrogens (tertiary/aromatic N) is 2. The molecule has 1 unspecified atom stereocenters. The largest absolute Gasteiger partial charge is 0.409 e. The van der Waals surface area contributed by atoms with Crippen LogP contribution in [0.2, 0.25) is 0 Å². The van der Waals surface area contributed by atoms with Gasteiger partial charge in [0.05, 0.1) is 11.6 Å². The molecule has 0 aliphatic carbocycles. The van der Waals surface area contributed by atoms with Gasteiger partial charge in [0.2, 0.25) is 0 Å². The number of rotatable bonds is 5. The van der Waals surface area contributed by atoms with Crippen LogP contribution < -0.4 is 11.1 Å². The van der Waals surface area contributed by atoms with Crippen molar-refractivity contribution in [3.63, 3.8) is 0 Å². The average Bonchev–Trinajstić information content (AvgIpc) is 2.91. The smallest absolute Gasteiger partial charge is 0.173 e. The summed E-state index contributed by atoms with van der Waals surface area (Å²) in [6.07, 6.45) is 0. The number of thiazole rings is 1. The first-order valence-electron chi connectivity index (χ1n) is 6.43. The van der Waals surface area contributed by atoms with E-state index >= 15 is 0 Å². The summed E-state index contributed by atoms with van der Waals surface area (Å²) in [5, 5.41) is 17.6. The van der Waals surface area contributed by atoms with E-state index in [1.54, 1.807) is 23.5 Å². The van der Waals surface area contributed by atoms with Crippen molar-refractivity contribution >= 4 is 17.2 Å². The lowest BCUT2D eigenvalue weighted by atomic mass is 10.1. The second-order valence-electron chi connectivity index (χ2n) is 4.69. The van der Waals surface area contributed by atoms with Crippen molar-refractivity contribution in [1.29, 1.82) is 0 Å². The number of hydrogen-bond acceptors (Lipinski definition) is 5. The van der Waals surface area contributed by atoms with Crippen molar-refractivity contribution in [3.8, 4) is 0 Å². The van der Waals surface area contributed by atoms with E-state index in [1.165, 1.54) is 6.07 Å². The Morgan fingerprint density at radius 3 is 2.95 bits per heavy atom. The van der Waals surface area contributed by atoms with Gasteiger partial charge in [-0.15, -0.1) is 11.3 Å². The van der Waals surface area contributed by atoms with E-state index < -0.39 is 5.82 Å². The molecule has 0 fully saturated rings. The van der Waals surface area contributed by atoms with Gasteiger partial charge in [0, 0.05) is 23.2 Å². The molecule has 1 aromatic heterocycles. The first kappa shape index (κ1) is 15.4. The van der Waals surface area contributed by atoms with Crippen molar-refractivity contribution in [2.45, 2.75) is 26.4 Å². The minimum atomic E-state index is -0.484. The highest BCUT2D eigenvalue weighted by molar-refractivity contribution is 7.09. The summed E-state index contributed by atoms with van der Waals surface area (Å²) in [4.78, 5) is 4.39. The molecule has 1 atom stereocenters. The zero-order chi connectivity index (χ0) is 15.4. The van der Waals surface area contributed by atoms with E-state index in [0.717, 1.165) is 10.7 Å². The molecule has 0 saturated carbocycles. The van der Waals surface area contributed by atoms with Crippen LogP contribution in [-0.4, -0.2) is 16.0 Å². The maximum atomic E-state index is 14.2. The summed E-state index contributed by atoms with van der Waals surface area (Å²) < 4.78 is 14.2. The molecule has 5 nitrogen and oxygen atoms in total. The number of nitrogens with one attached hydrogen (secondary N) is 1. The lowest BCUT2D eigenvalue weighted by Crippen LogP contribution is -2.21. The van der Waals surface area contributed by atoms with Crippen LogP contribution >= 0.6 is 11.3 Å². The summed E-state index contributed by atoms with van der Waals surface area (Å²) >= 11 is 1.57. The lowest BCUT2D eigenvalue weighted by Gasteiger charge is -2.13. The first-order chi connectivity index (χ1) is 10.0. The Morgan fingerprint density at radius 2 is 2.33 bits per heavy atom. The molecule has 2 aromatic rings. The molecule has 0 spiro atoms. The predicted molar refractivity (Wildman–Crippen MR) is 81.0 cm³/mol. The average molecular weight is 308 g/mol. The molecule has 1 heterocycles. The first-order valence-corrected chi connectivity index (χ1v) is 7.31. The second-order valence-corrected chi connectivity index (χ2v) is 5.58. The van der Waals surface area contributed by atoms with Crippen molar-refractivity contribution < 1.29 is 9.60 Å². The van der Waals surface area contributed by atoms with Crippen LogP contribution in [0.5, 0.6) is 0 Å². The number of hydrogen-bond donors (Lipinski definition) is 3. The number of benzene rings is 1. The van der Waals surface area contributed by atoms with Gasteiger partial charge in [0.1, 0.15) is 10.8 Å². The van der Waals surface area contributed by atoms with Crippen LogP contribution in [0.4, 0.5) is 4.39 Å². The van der Waals surface area contributed by atoms with Crippen LogP contribution in [0.1, 0.15) is 34.8 Å². The molecule has 0 aliphatic rings. The van der Waals surface area contributed by atoms with Gasteiger partial charge in [-0.25, -0.2) is 9.37 Å². The fourth-order valence-electron chi connectivity index (χ4n) is 1.89. The Labute approximate surface area is 126 Å². The molecule has 4 N–H and O–H groups in total. The molecule has 0 bridgehead atoms. The Hall–Kier alpha value is -1.99. The van der Waals surface area contributed by atoms with Crippen molar-refractivity contribution in [3.05, 3.63) is 51.2 Å². The van der Waals surface area contributed by atoms with Gasteiger partial charge in [-0.1, -0.05) is 17.3 Å². The molecule has 0 amide bonds. The van der Waals surface area contributed by atoms with Crippen LogP contribution in [0.15, 0.2) is 28.7 Å². The highest BCUT2D eigenvalue weighted by Gasteiger charge is 2.13. The van der Waals surface area contributed by atoms with Crippen LogP contribution in [0, 0.1) is 12.7 Å². The standard InChI is InChI=1S/C14H17FN4OS/c1-8-7-21-14(18-8)9(2)17-6-10-4-3-5-11(12(10)15)13(16)19-20/h3-5,7,9,17,20H,6H2,1-2H3,(H2,16,19). The number of aromatic nitrogens is 1. The second kappa shape index (κ2) is 6.64. The SMILES string of the molecule is Cc1csc(C(C)NCc2cccc(/C(N)=N/O)c2F)n1. The topological polar surface area (TPSA) is 83.5 Å². The number of oxime groups is 1. The van der Waals surface area contributed by atoms with E-state index in [4.69, 9.17) is 10.9 Å². The summed E-state index contributed by atoms with van der Waals surface area (Å²) in [5.74, 6) is -0.722. The highest BCUT2D eigenvalue weighted by atomic mass is 32.1. The molecule has 0 radical (unpaired) electrons. The molecule has 7 heteroatoms. The number of nitrogens with two attached hydrogens (primary N) is 1. The molecular weight excluding hydrogens is 291 g/mol. The monoisotopic (exact) mass is 308 g/mol. The zero-order valence-corrected chi connectivity index (χ0v) is 12.6. The predicted octanol–water partition coefficient (Wildman–Crippen LogP) is 2.54. The third kappa shape index (κ3) is 3.56. The minimum absolute atomic E-state index is 0.0237. The fourth-order valence-corrected chi connectivity index (χ4v) is 2.72. The highest BCUT2D eigenvalue weighted by Crippen LogP contribution is 2.19. The van der Waals surface area contributed by atoms with Gasteiger partial charge in [-0.2, -0.15) is 0 Å². The number of amidine groups is 1. The zero-order valence-electron chi connectivity index (χ0n) is 11.8. The van der Waals surface area contributed by atoms with Gasteiger partial charge in [-0.05, 0) is 19.9 Å². The van der Waals surface area contributed by atoms with E-state index in [9.17, 15) is 4.39 Å². The summed E-state index contributed by atoms with van der Waals surface area (Å²) in [6.45, 7) is 4.24. The van der Waals surface area contributed by atoms with Crippen LogP contribution in [-0.2, 0) is 6.54 Å². The Morgan fingerprint density at radius 1 is 1.57 bits per heavy atom. The molecule has 2 rings (SSSR count). The minimum Gasteiger partial charge on any atom is -0.409 e. The quantitative estimate of drug-likeness (QED) is 0.343. The van der Waals surface area contributed by atoms with Gasteiger partial charge in [0.15, 0.2) is 5.84 Å². The lowest BCUT2D eigenvalue weighted by molar-refractivity contribution is 0.318. The Balaban J connectivity index is 2.10. The maximum Gasteiger partial charge on any atom is 0.173 e. The van der Waals surface area contributed by atoms with E-state index in [-0.39, 0.29) is 17.4 Å². The third-order valence-corrected chi connectivity index (χ3v) is 4.21. The van der Waals surface area contributed by atoms with Crippen LogP contribution in [0.3, 0.4) is 0 Å².